The fourth-order valence-corrected chi connectivity index (χ4v) is 2.17. The van der Waals surface area contributed by atoms with Gasteiger partial charge < -0.3 is 14.8 Å². The quantitative estimate of drug-likeness (QED) is 0.876. The lowest BCUT2D eigenvalue weighted by Crippen LogP contribution is -2.07. The molecule has 1 unspecified atom stereocenters. The van der Waals surface area contributed by atoms with E-state index < -0.39 is 11.9 Å². The monoisotopic (exact) mass is 247 g/mol. The molecule has 0 radical (unpaired) electrons. The van der Waals surface area contributed by atoms with E-state index in [1.165, 1.54) is 0 Å². The van der Waals surface area contributed by atoms with Gasteiger partial charge in [0, 0.05) is 23.1 Å². The van der Waals surface area contributed by atoms with Gasteiger partial charge in [-0.2, -0.15) is 0 Å². The summed E-state index contributed by atoms with van der Waals surface area (Å²) in [5, 5.41) is 19.5. The van der Waals surface area contributed by atoms with Crippen LogP contribution in [0.25, 0.3) is 10.9 Å². The molecule has 96 valence electrons. The summed E-state index contributed by atoms with van der Waals surface area (Å²) in [6.07, 6.45) is 1.87. The molecule has 4 nitrogen and oxygen atoms in total. The molecule has 1 aromatic carbocycles. The summed E-state index contributed by atoms with van der Waals surface area (Å²) in [5.74, 6) is -1.29. The van der Waals surface area contributed by atoms with Crippen molar-refractivity contribution in [3.05, 3.63) is 30.0 Å². The summed E-state index contributed by atoms with van der Waals surface area (Å²) in [4.78, 5) is 11.1. The summed E-state index contributed by atoms with van der Waals surface area (Å²) in [7, 11) is 0. The van der Waals surface area contributed by atoms with Gasteiger partial charge in [-0.15, -0.1) is 0 Å². The van der Waals surface area contributed by atoms with E-state index in [0.717, 1.165) is 16.5 Å². The van der Waals surface area contributed by atoms with Gasteiger partial charge in [-0.3, -0.25) is 4.79 Å². The van der Waals surface area contributed by atoms with Crippen molar-refractivity contribution < 1.29 is 15.0 Å². The molecule has 0 fully saturated rings. The lowest BCUT2D eigenvalue weighted by molar-refractivity contribution is -0.138. The van der Waals surface area contributed by atoms with Crippen LogP contribution in [-0.2, 0) is 4.79 Å². The van der Waals surface area contributed by atoms with E-state index in [-0.39, 0.29) is 11.8 Å². The molecule has 2 aromatic rings. The highest BCUT2D eigenvalue weighted by Crippen LogP contribution is 2.32. The first-order valence-electron chi connectivity index (χ1n) is 5.98. The maximum absolute atomic E-state index is 11.1. The fraction of sp³-hybridized carbons (Fsp3) is 0.357. The number of carboxylic acids is 1. The van der Waals surface area contributed by atoms with Gasteiger partial charge in [0.15, 0.2) is 0 Å². The molecule has 0 aliphatic rings. The molecule has 0 aliphatic carbocycles. The molecule has 0 saturated heterocycles. The number of hydrogen-bond acceptors (Lipinski definition) is 2. The van der Waals surface area contributed by atoms with E-state index in [0.29, 0.717) is 0 Å². The first-order valence-corrected chi connectivity index (χ1v) is 5.98. The topological polar surface area (TPSA) is 62.5 Å². The Morgan fingerprint density at radius 2 is 1.94 bits per heavy atom. The second-order valence-electron chi connectivity index (χ2n) is 4.85. The average molecular weight is 247 g/mol. The van der Waals surface area contributed by atoms with Crippen molar-refractivity contribution in [1.29, 1.82) is 0 Å². The van der Waals surface area contributed by atoms with E-state index in [9.17, 15) is 9.90 Å². The number of benzene rings is 1. The van der Waals surface area contributed by atoms with Gasteiger partial charge >= 0.3 is 5.97 Å². The Bertz CT molecular complexity index is 598. The molecule has 2 rings (SSSR count). The normalized spacial score (nSPS) is 13.1. The number of nitrogens with zero attached hydrogens (tertiary/aromatic N) is 1. The minimum Gasteiger partial charge on any atom is -0.508 e. The van der Waals surface area contributed by atoms with Gasteiger partial charge in [0.2, 0.25) is 0 Å². The minimum absolute atomic E-state index is 0.155. The number of carboxylic acid groups (broad SMARTS) is 1. The Hall–Kier alpha value is -1.97. The van der Waals surface area contributed by atoms with Crippen molar-refractivity contribution in [3.8, 4) is 5.75 Å². The first-order chi connectivity index (χ1) is 8.41. The Morgan fingerprint density at radius 1 is 1.28 bits per heavy atom. The van der Waals surface area contributed by atoms with Crippen molar-refractivity contribution in [3.63, 3.8) is 0 Å². The molecule has 4 heteroatoms. The van der Waals surface area contributed by atoms with Crippen molar-refractivity contribution in [2.24, 2.45) is 0 Å². The van der Waals surface area contributed by atoms with Gasteiger partial charge in [-0.05, 0) is 44.5 Å². The highest BCUT2D eigenvalue weighted by molar-refractivity contribution is 5.90. The molecule has 0 spiro atoms. The Morgan fingerprint density at radius 3 is 2.50 bits per heavy atom. The summed E-state index contributed by atoms with van der Waals surface area (Å²) in [6, 6.07) is 5.31. The molecule has 2 N–H and O–H groups in total. The van der Waals surface area contributed by atoms with E-state index in [1.807, 2.05) is 30.7 Å². The molecule has 0 aliphatic heterocycles. The lowest BCUT2D eigenvalue weighted by Gasteiger charge is -2.08. The highest BCUT2D eigenvalue weighted by atomic mass is 16.4. The fourth-order valence-electron chi connectivity index (χ4n) is 2.17. The zero-order chi connectivity index (χ0) is 13.4. The third-order valence-electron chi connectivity index (χ3n) is 3.24. The second kappa shape index (κ2) is 4.37. The van der Waals surface area contributed by atoms with E-state index in [4.69, 9.17) is 5.11 Å². The number of hydrogen-bond donors (Lipinski definition) is 2. The van der Waals surface area contributed by atoms with Crippen LogP contribution in [0.4, 0.5) is 0 Å². The minimum atomic E-state index is -0.860. The molecule has 1 aromatic heterocycles. The maximum atomic E-state index is 11.1. The first kappa shape index (κ1) is 12.5. The van der Waals surface area contributed by atoms with Crippen molar-refractivity contribution in [2.45, 2.75) is 32.7 Å². The Kier molecular flexibility index (Phi) is 3.03. The maximum Gasteiger partial charge on any atom is 0.310 e. The number of aromatic hydroxyl groups is 1. The average Bonchev–Trinajstić information content (AvgIpc) is 2.66. The van der Waals surface area contributed by atoms with Crippen molar-refractivity contribution in [1.82, 2.24) is 4.57 Å². The van der Waals surface area contributed by atoms with Crippen molar-refractivity contribution in [2.75, 3.05) is 0 Å². The molecule has 0 saturated carbocycles. The van der Waals surface area contributed by atoms with Crippen LogP contribution in [0.5, 0.6) is 5.75 Å². The smallest absolute Gasteiger partial charge is 0.310 e. The Balaban J connectivity index is 2.73. The number of fused-ring (bicyclic) bond motifs is 1. The second-order valence-corrected chi connectivity index (χ2v) is 4.85. The third kappa shape index (κ3) is 1.94. The molecule has 18 heavy (non-hydrogen) atoms. The standard InChI is InChI=1S/C14H17NO3/c1-8(2)15-7-12(9(3)14(17)18)11-6-10(16)4-5-13(11)15/h4-9,16H,1-3H3,(H,17,18). The molecule has 0 amide bonds. The molecule has 1 atom stereocenters. The van der Waals surface area contributed by atoms with Crippen molar-refractivity contribution >= 4 is 16.9 Å². The SMILES string of the molecule is CC(C(=O)O)c1cn(C(C)C)c2ccc(O)cc12. The number of phenols is 1. The molecule has 1 heterocycles. The molecular formula is C14H17NO3. The van der Waals surface area contributed by atoms with Crippen LogP contribution in [0, 0.1) is 0 Å². The predicted molar refractivity (Wildman–Crippen MR) is 70.0 cm³/mol. The molecule has 0 bridgehead atoms. The Labute approximate surface area is 105 Å². The zero-order valence-corrected chi connectivity index (χ0v) is 10.7. The largest absolute Gasteiger partial charge is 0.508 e. The number of aliphatic carboxylic acids is 1. The summed E-state index contributed by atoms with van der Waals surface area (Å²) >= 11 is 0. The van der Waals surface area contributed by atoms with Gasteiger partial charge in [-0.25, -0.2) is 0 Å². The van der Waals surface area contributed by atoms with E-state index in [1.54, 1.807) is 19.1 Å². The van der Waals surface area contributed by atoms with E-state index in [2.05, 4.69) is 0 Å². The van der Waals surface area contributed by atoms with Gasteiger partial charge in [0.05, 0.1) is 5.92 Å². The number of phenolic OH excluding ortho intramolecular Hbond substituents is 1. The molecular weight excluding hydrogens is 230 g/mol. The van der Waals surface area contributed by atoms with Gasteiger partial charge in [0.25, 0.3) is 0 Å². The van der Waals surface area contributed by atoms with Crippen LogP contribution in [-0.4, -0.2) is 20.7 Å². The van der Waals surface area contributed by atoms with Crippen LogP contribution in [0.2, 0.25) is 0 Å². The van der Waals surface area contributed by atoms with Crippen LogP contribution < -0.4 is 0 Å². The van der Waals surface area contributed by atoms with Crippen LogP contribution >= 0.6 is 0 Å². The summed E-state index contributed by atoms with van der Waals surface area (Å²) in [6.45, 7) is 5.74. The number of aromatic nitrogens is 1. The highest BCUT2D eigenvalue weighted by Gasteiger charge is 2.20. The van der Waals surface area contributed by atoms with Gasteiger partial charge in [0.1, 0.15) is 5.75 Å². The predicted octanol–water partition coefficient (Wildman–Crippen LogP) is 3.12. The van der Waals surface area contributed by atoms with Crippen LogP contribution in [0.15, 0.2) is 24.4 Å². The number of rotatable bonds is 3. The lowest BCUT2D eigenvalue weighted by atomic mass is 10.0. The van der Waals surface area contributed by atoms with Crippen LogP contribution in [0.1, 0.15) is 38.3 Å². The zero-order valence-electron chi connectivity index (χ0n) is 10.7. The van der Waals surface area contributed by atoms with Crippen LogP contribution in [0.3, 0.4) is 0 Å². The van der Waals surface area contributed by atoms with E-state index >= 15 is 0 Å². The number of carbonyl (C=O) groups is 1. The summed E-state index contributed by atoms with van der Waals surface area (Å²) in [5.41, 5.74) is 1.69. The third-order valence-corrected chi connectivity index (χ3v) is 3.24. The summed E-state index contributed by atoms with van der Waals surface area (Å²) < 4.78 is 2.03. The van der Waals surface area contributed by atoms with Gasteiger partial charge in [-0.1, -0.05) is 0 Å².